The van der Waals surface area contributed by atoms with Gasteiger partial charge in [-0.3, -0.25) is 0 Å². The molecule has 0 saturated carbocycles. The van der Waals surface area contributed by atoms with E-state index in [0.29, 0.717) is 15.9 Å². The maximum absolute atomic E-state index is 6.21. The number of allylic oxidation sites excluding steroid dienone is 1. The zero-order valence-corrected chi connectivity index (χ0v) is 13.3. The van der Waals surface area contributed by atoms with Crippen molar-refractivity contribution in [3.8, 4) is 0 Å². The van der Waals surface area contributed by atoms with Crippen LogP contribution in [-0.2, 0) is 0 Å². The lowest BCUT2D eigenvalue weighted by Crippen LogP contribution is -2.04. The highest BCUT2D eigenvalue weighted by molar-refractivity contribution is 6.35. The van der Waals surface area contributed by atoms with E-state index in [4.69, 9.17) is 34.7 Å². The Balaban J connectivity index is 2.29. The summed E-state index contributed by atoms with van der Waals surface area (Å²) in [6, 6.07) is 5.46. The zero-order valence-electron chi connectivity index (χ0n) is 11.8. The highest BCUT2D eigenvalue weighted by Gasteiger charge is 2.09. The monoisotopic (exact) mass is 322 g/mol. The molecule has 21 heavy (non-hydrogen) atoms. The molecule has 2 aromatic rings. The van der Waals surface area contributed by atoms with Crippen LogP contribution >= 0.6 is 23.2 Å². The molecule has 1 unspecified atom stereocenters. The fourth-order valence-corrected chi connectivity index (χ4v) is 2.63. The first-order valence-electron chi connectivity index (χ1n) is 6.41. The Morgan fingerprint density at radius 1 is 1.19 bits per heavy atom. The van der Waals surface area contributed by atoms with Crippen LogP contribution in [0.2, 0.25) is 10.0 Å². The molecule has 0 spiro atoms. The molecular weight excluding hydrogens is 307 g/mol. The molecule has 0 fully saturated rings. The van der Waals surface area contributed by atoms with Gasteiger partial charge in [0.1, 0.15) is 5.82 Å². The first-order valence-corrected chi connectivity index (χ1v) is 7.17. The van der Waals surface area contributed by atoms with Crippen molar-refractivity contribution in [1.29, 1.82) is 0 Å². The first kappa shape index (κ1) is 15.6. The number of aromatic nitrogens is 2. The van der Waals surface area contributed by atoms with Crippen molar-refractivity contribution in [3.63, 3.8) is 0 Å². The van der Waals surface area contributed by atoms with Crippen molar-refractivity contribution >= 4 is 41.0 Å². The van der Waals surface area contributed by atoms with E-state index in [9.17, 15) is 0 Å². The maximum Gasteiger partial charge on any atom is 0.222 e. The molecule has 0 saturated heterocycles. The van der Waals surface area contributed by atoms with Crippen molar-refractivity contribution < 1.29 is 0 Å². The fraction of sp³-hybridized carbons (Fsp3) is 0.200. The number of hydrogen-bond donors (Lipinski definition) is 2. The number of anilines is 2. The van der Waals surface area contributed by atoms with Crippen molar-refractivity contribution in [1.82, 2.24) is 9.97 Å². The van der Waals surface area contributed by atoms with E-state index in [1.807, 2.05) is 38.1 Å². The van der Waals surface area contributed by atoms with E-state index in [-0.39, 0.29) is 11.9 Å². The van der Waals surface area contributed by atoms with E-state index in [1.165, 1.54) is 0 Å². The SMILES string of the molecule is Cc1nc(N)nc(N)c1/C=C/C(C)c1ccc(Cl)cc1Cl. The van der Waals surface area contributed by atoms with Crippen LogP contribution in [0.1, 0.15) is 29.7 Å². The summed E-state index contributed by atoms with van der Waals surface area (Å²) in [5.74, 6) is 0.646. The van der Waals surface area contributed by atoms with Crippen molar-refractivity contribution in [2.75, 3.05) is 11.5 Å². The van der Waals surface area contributed by atoms with Crippen LogP contribution in [0.25, 0.3) is 6.08 Å². The minimum Gasteiger partial charge on any atom is -0.383 e. The molecule has 4 N–H and O–H groups in total. The molecule has 1 aromatic heterocycles. The zero-order chi connectivity index (χ0) is 15.6. The van der Waals surface area contributed by atoms with Gasteiger partial charge in [-0.15, -0.1) is 0 Å². The minimum absolute atomic E-state index is 0.103. The van der Waals surface area contributed by atoms with Crippen LogP contribution in [0.5, 0.6) is 0 Å². The van der Waals surface area contributed by atoms with Crippen molar-refractivity contribution in [3.05, 3.63) is 51.1 Å². The summed E-state index contributed by atoms with van der Waals surface area (Å²) in [4.78, 5) is 8.07. The third kappa shape index (κ3) is 3.65. The highest BCUT2D eigenvalue weighted by Crippen LogP contribution is 2.29. The molecule has 0 aliphatic rings. The van der Waals surface area contributed by atoms with Gasteiger partial charge in [-0.05, 0) is 24.6 Å². The molecular formula is C15H16Cl2N4. The van der Waals surface area contributed by atoms with Gasteiger partial charge >= 0.3 is 0 Å². The Labute approximate surface area is 133 Å². The molecule has 0 amide bonds. The average molecular weight is 323 g/mol. The molecule has 0 aliphatic heterocycles. The Hall–Kier alpha value is -1.78. The Bertz CT molecular complexity index is 675. The fourth-order valence-electron chi connectivity index (χ4n) is 2.05. The van der Waals surface area contributed by atoms with Crippen molar-refractivity contribution in [2.45, 2.75) is 19.8 Å². The summed E-state index contributed by atoms with van der Waals surface area (Å²) in [7, 11) is 0. The van der Waals surface area contributed by atoms with Gasteiger partial charge in [0.2, 0.25) is 5.95 Å². The van der Waals surface area contributed by atoms with E-state index in [0.717, 1.165) is 16.8 Å². The molecule has 2 rings (SSSR count). The van der Waals surface area contributed by atoms with Crippen LogP contribution in [0.4, 0.5) is 11.8 Å². The highest BCUT2D eigenvalue weighted by atomic mass is 35.5. The Morgan fingerprint density at radius 2 is 1.90 bits per heavy atom. The molecule has 6 heteroatoms. The van der Waals surface area contributed by atoms with E-state index >= 15 is 0 Å². The summed E-state index contributed by atoms with van der Waals surface area (Å²) in [6.45, 7) is 3.88. The van der Waals surface area contributed by atoms with Gasteiger partial charge in [0, 0.05) is 21.5 Å². The average Bonchev–Trinajstić information content (AvgIpc) is 2.36. The van der Waals surface area contributed by atoms with E-state index < -0.39 is 0 Å². The number of nitrogens with two attached hydrogens (primary N) is 2. The third-order valence-electron chi connectivity index (χ3n) is 3.19. The van der Waals surface area contributed by atoms with Gasteiger partial charge in [0.25, 0.3) is 0 Å². The predicted molar refractivity (Wildman–Crippen MR) is 89.5 cm³/mol. The number of nitrogen functional groups attached to an aromatic ring is 2. The smallest absolute Gasteiger partial charge is 0.222 e. The summed E-state index contributed by atoms with van der Waals surface area (Å²) in [6.07, 6.45) is 3.88. The lowest BCUT2D eigenvalue weighted by atomic mass is 9.99. The third-order valence-corrected chi connectivity index (χ3v) is 3.75. The van der Waals surface area contributed by atoms with E-state index in [2.05, 4.69) is 9.97 Å². The molecule has 1 heterocycles. The number of halogens is 2. The molecule has 1 aromatic carbocycles. The quantitative estimate of drug-likeness (QED) is 0.892. The minimum atomic E-state index is 0.103. The Kier molecular flexibility index (Phi) is 4.70. The maximum atomic E-state index is 6.21. The van der Waals surface area contributed by atoms with Crippen molar-refractivity contribution in [2.24, 2.45) is 0 Å². The molecule has 4 nitrogen and oxygen atoms in total. The second kappa shape index (κ2) is 6.33. The van der Waals surface area contributed by atoms with Gasteiger partial charge in [-0.2, -0.15) is 4.98 Å². The summed E-state index contributed by atoms with van der Waals surface area (Å²) < 4.78 is 0. The number of nitrogens with zero attached hydrogens (tertiary/aromatic N) is 2. The lowest BCUT2D eigenvalue weighted by Gasteiger charge is -2.10. The van der Waals surface area contributed by atoms with Gasteiger partial charge < -0.3 is 11.5 Å². The first-order chi connectivity index (χ1) is 9.88. The molecule has 0 radical (unpaired) electrons. The molecule has 110 valence electrons. The predicted octanol–water partition coefficient (Wildman–Crippen LogP) is 4.07. The van der Waals surface area contributed by atoms with Gasteiger partial charge in [-0.25, -0.2) is 4.98 Å². The van der Waals surface area contributed by atoms with Crippen LogP contribution in [0, 0.1) is 6.92 Å². The lowest BCUT2D eigenvalue weighted by molar-refractivity contribution is 0.972. The van der Waals surface area contributed by atoms with Crippen LogP contribution in [0.15, 0.2) is 24.3 Å². The van der Waals surface area contributed by atoms with Crippen LogP contribution in [-0.4, -0.2) is 9.97 Å². The van der Waals surface area contributed by atoms with Crippen LogP contribution < -0.4 is 11.5 Å². The van der Waals surface area contributed by atoms with Gasteiger partial charge in [-0.1, -0.05) is 48.3 Å². The number of hydrogen-bond acceptors (Lipinski definition) is 4. The second-order valence-electron chi connectivity index (χ2n) is 4.78. The number of rotatable bonds is 3. The second-order valence-corrected chi connectivity index (χ2v) is 5.62. The largest absolute Gasteiger partial charge is 0.383 e. The standard InChI is InChI=1S/C15H16Cl2N4/c1-8(11-6-4-10(16)7-13(11)17)3-5-12-9(2)20-15(19)21-14(12)18/h3-8H,1-2H3,(H4,18,19,20,21)/b5-3+. The number of aryl methyl sites for hydroxylation is 1. The summed E-state index contributed by atoms with van der Waals surface area (Å²) >= 11 is 12.1. The molecule has 1 atom stereocenters. The molecule has 0 bridgehead atoms. The Morgan fingerprint density at radius 3 is 2.52 bits per heavy atom. The number of benzene rings is 1. The summed E-state index contributed by atoms with van der Waals surface area (Å²) in [5, 5.41) is 1.25. The summed E-state index contributed by atoms with van der Waals surface area (Å²) in [5.41, 5.74) is 13.9. The van der Waals surface area contributed by atoms with Gasteiger partial charge in [0.15, 0.2) is 0 Å². The molecule has 0 aliphatic carbocycles. The normalized spacial score (nSPS) is 12.8. The van der Waals surface area contributed by atoms with Crippen LogP contribution in [0.3, 0.4) is 0 Å². The topological polar surface area (TPSA) is 77.8 Å². The van der Waals surface area contributed by atoms with E-state index in [1.54, 1.807) is 6.07 Å². The van der Waals surface area contributed by atoms with Gasteiger partial charge in [0.05, 0.1) is 5.69 Å².